The van der Waals surface area contributed by atoms with E-state index in [-0.39, 0.29) is 18.1 Å². The molecule has 0 aliphatic rings. The summed E-state index contributed by atoms with van der Waals surface area (Å²) in [5.41, 5.74) is 0. The lowest BCUT2D eigenvalue weighted by molar-refractivity contribution is -0.154. The van der Waals surface area contributed by atoms with Crippen LogP contribution in [0.3, 0.4) is 0 Å². The number of nitrogens with zero attached hydrogens (tertiary/aromatic N) is 1. The van der Waals surface area contributed by atoms with Crippen molar-refractivity contribution < 1.29 is 19.4 Å². The fourth-order valence-corrected chi connectivity index (χ4v) is 6.42. The van der Waals surface area contributed by atoms with Crippen molar-refractivity contribution >= 4 is 11.9 Å². The zero-order chi connectivity index (χ0) is 36.2. The Bertz CT molecular complexity index is 872. The third-order valence-electron chi connectivity index (χ3n) is 9.60. The SMILES string of the molecule is CCCCCC=CCC=CCCCCCCCC(=O)OC(CC)CC(CC(CCCCC=CCC=CCCCCC)N(CC)CC)C(=O)O. The van der Waals surface area contributed by atoms with Gasteiger partial charge in [-0.15, -0.1) is 0 Å². The van der Waals surface area contributed by atoms with Crippen LogP contribution in [-0.4, -0.2) is 47.2 Å². The molecule has 0 aromatic carbocycles. The number of carboxylic acid groups (broad SMARTS) is 1. The molecule has 1 N–H and O–H groups in total. The summed E-state index contributed by atoms with van der Waals surface area (Å²) in [4.78, 5) is 27.5. The van der Waals surface area contributed by atoms with Crippen LogP contribution in [0, 0.1) is 5.92 Å². The van der Waals surface area contributed by atoms with Crippen LogP contribution in [0.15, 0.2) is 48.6 Å². The third kappa shape index (κ3) is 29.3. The van der Waals surface area contributed by atoms with Gasteiger partial charge in [-0.1, -0.05) is 135 Å². The lowest BCUT2D eigenvalue weighted by atomic mass is 9.90. The number of hydrogen-bond acceptors (Lipinski definition) is 4. The predicted molar refractivity (Wildman–Crippen MR) is 212 cm³/mol. The van der Waals surface area contributed by atoms with Crippen LogP contribution < -0.4 is 0 Å². The fraction of sp³-hybridized carbons (Fsp3) is 0.773. The molecule has 0 saturated heterocycles. The van der Waals surface area contributed by atoms with Gasteiger partial charge in [0, 0.05) is 12.5 Å². The van der Waals surface area contributed by atoms with Gasteiger partial charge < -0.3 is 14.7 Å². The second-order valence-electron chi connectivity index (χ2n) is 13.8. The maximum absolute atomic E-state index is 12.7. The zero-order valence-corrected chi connectivity index (χ0v) is 32.9. The second-order valence-corrected chi connectivity index (χ2v) is 13.8. The highest BCUT2D eigenvalue weighted by Gasteiger charge is 2.29. The number of carbonyl (C=O) groups is 2. The first-order valence-corrected chi connectivity index (χ1v) is 20.7. The number of ether oxygens (including phenoxy) is 1. The van der Waals surface area contributed by atoms with Gasteiger partial charge in [-0.25, -0.2) is 0 Å². The van der Waals surface area contributed by atoms with Crippen molar-refractivity contribution in [2.45, 2.75) is 201 Å². The highest BCUT2D eigenvalue weighted by Crippen LogP contribution is 2.24. The summed E-state index contributed by atoms with van der Waals surface area (Å²) in [5, 5.41) is 10.2. The Morgan fingerprint density at radius 1 is 0.592 bits per heavy atom. The number of rotatable bonds is 35. The molecule has 0 amide bonds. The standard InChI is InChI=1S/C44H79NO4/c1-6-11-13-15-17-19-21-23-24-25-27-29-31-33-35-37-43(46)49-42(8-3)39-40(44(47)48)38-41(45(9-4)10-5)36-34-32-30-28-26-22-20-18-16-14-12-7-2/h17-20,23-24,26,28,40-42H,6-16,21-22,25,27,29-39H2,1-5H3,(H,47,48). The van der Waals surface area contributed by atoms with Gasteiger partial charge in [0.15, 0.2) is 0 Å². The molecule has 0 fully saturated rings. The molecule has 3 unspecified atom stereocenters. The molecule has 0 spiro atoms. The predicted octanol–water partition coefficient (Wildman–Crippen LogP) is 13.0. The molecular formula is C44H79NO4. The van der Waals surface area contributed by atoms with E-state index in [1.807, 2.05) is 6.92 Å². The topological polar surface area (TPSA) is 66.8 Å². The van der Waals surface area contributed by atoms with E-state index in [9.17, 15) is 14.7 Å². The van der Waals surface area contributed by atoms with Crippen molar-refractivity contribution in [1.82, 2.24) is 4.90 Å². The van der Waals surface area contributed by atoms with E-state index in [0.29, 0.717) is 25.7 Å². The summed E-state index contributed by atoms with van der Waals surface area (Å²) in [5.74, 6) is -1.46. The normalized spacial score (nSPS) is 14.2. The molecule has 0 aliphatic heterocycles. The molecule has 0 aliphatic carbocycles. The van der Waals surface area contributed by atoms with Gasteiger partial charge in [0.05, 0.1) is 5.92 Å². The van der Waals surface area contributed by atoms with E-state index in [4.69, 9.17) is 4.74 Å². The zero-order valence-electron chi connectivity index (χ0n) is 32.9. The summed E-state index contributed by atoms with van der Waals surface area (Å²) in [6, 6.07) is 0.229. The number of unbranched alkanes of at least 4 members (excludes halogenated alkanes) is 13. The van der Waals surface area contributed by atoms with Crippen LogP contribution in [0.4, 0.5) is 0 Å². The molecule has 284 valence electrons. The maximum Gasteiger partial charge on any atom is 0.306 e. The van der Waals surface area contributed by atoms with Crippen LogP contribution in [-0.2, 0) is 14.3 Å². The van der Waals surface area contributed by atoms with E-state index < -0.39 is 11.9 Å². The molecule has 0 saturated carbocycles. The molecule has 5 heteroatoms. The van der Waals surface area contributed by atoms with Gasteiger partial charge in [-0.05, 0) is 109 Å². The first kappa shape index (κ1) is 46.9. The molecule has 0 aromatic rings. The quantitative estimate of drug-likeness (QED) is 0.0408. The van der Waals surface area contributed by atoms with Crippen molar-refractivity contribution in [1.29, 1.82) is 0 Å². The number of esters is 1. The molecular weight excluding hydrogens is 606 g/mol. The lowest BCUT2D eigenvalue weighted by Crippen LogP contribution is -2.38. The number of allylic oxidation sites excluding steroid dienone is 8. The second kappa shape index (κ2) is 35.7. The number of aliphatic carboxylic acids is 1. The number of hydrogen-bond donors (Lipinski definition) is 1. The average molecular weight is 686 g/mol. The van der Waals surface area contributed by atoms with Gasteiger partial charge in [-0.2, -0.15) is 0 Å². The molecule has 0 radical (unpaired) electrons. The summed E-state index contributed by atoms with van der Waals surface area (Å²) in [6.07, 6.45) is 43.0. The number of carboxylic acids is 1. The first-order chi connectivity index (χ1) is 23.9. The van der Waals surface area contributed by atoms with E-state index in [1.165, 1.54) is 64.2 Å². The van der Waals surface area contributed by atoms with E-state index in [2.05, 4.69) is 81.2 Å². The summed E-state index contributed by atoms with van der Waals surface area (Å²) in [7, 11) is 0. The highest BCUT2D eigenvalue weighted by atomic mass is 16.5. The Morgan fingerprint density at radius 3 is 1.53 bits per heavy atom. The van der Waals surface area contributed by atoms with Gasteiger partial charge in [-0.3, -0.25) is 9.59 Å². The van der Waals surface area contributed by atoms with Crippen molar-refractivity contribution in [2.24, 2.45) is 5.92 Å². The van der Waals surface area contributed by atoms with Gasteiger partial charge in [0.25, 0.3) is 0 Å². The number of carbonyl (C=O) groups excluding carboxylic acids is 1. The Kier molecular flexibility index (Phi) is 34.1. The lowest BCUT2D eigenvalue weighted by Gasteiger charge is -2.32. The van der Waals surface area contributed by atoms with Crippen molar-refractivity contribution in [2.75, 3.05) is 13.1 Å². The van der Waals surface area contributed by atoms with Crippen LogP contribution in [0.1, 0.15) is 189 Å². The summed E-state index contributed by atoms with van der Waals surface area (Å²) >= 11 is 0. The average Bonchev–Trinajstić information content (AvgIpc) is 3.09. The van der Waals surface area contributed by atoms with E-state index in [0.717, 1.165) is 77.3 Å². The smallest absolute Gasteiger partial charge is 0.306 e. The minimum atomic E-state index is -0.772. The fourth-order valence-electron chi connectivity index (χ4n) is 6.42. The molecule has 3 atom stereocenters. The van der Waals surface area contributed by atoms with Crippen LogP contribution in [0.25, 0.3) is 0 Å². The monoisotopic (exact) mass is 686 g/mol. The summed E-state index contributed by atoms with van der Waals surface area (Å²) in [6.45, 7) is 12.6. The van der Waals surface area contributed by atoms with E-state index in [1.54, 1.807) is 0 Å². The van der Waals surface area contributed by atoms with Gasteiger partial charge in [0.2, 0.25) is 0 Å². The minimum absolute atomic E-state index is 0.179. The van der Waals surface area contributed by atoms with Crippen LogP contribution in [0.2, 0.25) is 0 Å². The summed E-state index contributed by atoms with van der Waals surface area (Å²) < 4.78 is 5.83. The Morgan fingerprint density at radius 2 is 1.06 bits per heavy atom. The third-order valence-corrected chi connectivity index (χ3v) is 9.60. The van der Waals surface area contributed by atoms with Crippen LogP contribution >= 0.6 is 0 Å². The van der Waals surface area contributed by atoms with Crippen LogP contribution in [0.5, 0.6) is 0 Å². The molecule has 0 heterocycles. The molecule has 0 bridgehead atoms. The Hall–Kier alpha value is -2.14. The Balaban J connectivity index is 4.48. The highest BCUT2D eigenvalue weighted by molar-refractivity contribution is 5.71. The molecule has 0 rings (SSSR count). The van der Waals surface area contributed by atoms with Crippen molar-refractivity contribution in [3.63, 3.8) is 0 Å². The van der Waals surface area contributed by atoms with Crippen molar-refractivity contribution in [3.8, 4) is 0 Å². The van der Waals surface area contributed by atoms with Gasteiger partial charge >= 0.3 is 11.9 Å². The van der Waals surface area contributed by atoms with Gasteiger partial charge in [0.1, 0.15) is 6.10 Å². The minimum Gasteiger partial charge on any atom is -0.481 e. The Labute approximate surface area is 304 Å². The molecule has 49 heavy (non-hydrogen) atoms. The van der Waals surface area contributed by atoms with Crippen molar-refractivity contribution in [3.05, 3.63) is 48.6 Å². The maximum atomic E-state index is 12.7. The molecule has 0 aromatic heterocycles. The molecule has 5 nitrogen and oxygen atoms in total. The largest absolute Gasteiger partial charge is 0.481 e. The van der Waals surface area contributed by atoms with E-state index >= 15 is 0 Å². The first-order valence-electron chi connectivity index (χ1n) is 20.7.